The molecule has 4 aliphatic heterocycles. The van der Waals surface area contributed by atoms with Crippen molar-refractivity contribution in [2.45, 2.75) is 30.4 Å². The summed E-state index contributed by atoms with van der Waals surface area (Å²) in [6.07, 6.45) is 6.47. The molecule has 9 nitrogen and oxygen atoms in total. The second kappa shape index (κ2) is 10.2. The smallest absolute Gasteiger partial charge is 0.393 e. The molecule has 0 radical (unpaired) electrons. The van der Waals surface area contributed by atoms with Crippen LogP contribution in [0.3, 0.4) is 0 Å². The molecule has 3 unspecified atom stereocenters. The van der Waals surface area contributed by atoms with Crippen molar-refractivity contribution in [2.24, 2.45) is 10.9 Å². The number of guanidine groups is 1. The van der Waals surface area contributed by atoms with Gasteiger partial charge in [-0.1, -0.05) is 22.7 Å². The molecule has 0 aliphatic carbocycles. The Morgan fingerprint density at radius 2 is 2.08 bits per heavy atom. The number of fused-ring (bicyclic) bond motifs is 2. The number of hydrogen-bond acceptors (Lipinski definition) is 9. The molecule has 7 rings (SSSR count). The molecule has 2 aromatic heterocycles. The summed E-state index contributed by atoms with van der Waals surface area (Å²) in [4.78, 5) is 15.5. The van der Waals surface area contributed by atoms with Crippen molar-refractivity contribution in [2.75, 3.05) is 32.5 Å². The summed E-state index contributed by atoms with van der Waals surface area (Å²) in [5.41, 5.74) is 1.36. The lowest BCUT2D eigenvalue weighted by Crippen LogP contribution is -2.56. The van der Waals surface area contributed by atoms with E-state index in [-0.39, 0.29) is 28.6 Å². The Morgan fingerprint density at radius 1 is 1.26 bits per heavy atom. The number of sulfone groups is 1. The lowest BCUT2D eigenvalue weighted by atomic mass is 10.0. The monoisotopic (exact) mass is 590 g/mol. The highest BCUT2D eigenvalue weighted by molar-refractivity contribution is 7.90. The molecule has 2 bridgehead atoms. The molecule has 1 saturated heterocycles. The Hall–Kier alpha value is -2.93. The summed E-state index contributed by atoms with van der Waals surface area (Å²) in [6, 6.07) is 3.90. The van der Waals surface area contributed by atoms with Gasteiger partial charge in [0, 0.05) is 35.8 Å². The molecule has 3 aromatic rings. The van der Waals surface area contributed by atoms with Crippen molar-refractivity contribution in [3.63, 3.8) is 0 Å². The fraction of sp³-hybridized carbons (Fsp3) is 0.385. The van der Waals surface area contributed by atoms with Crippen LogP contribution in [0.4, 0.5) is 4.39 Å². The summed E-state index contributed by atoms with van der Waals surface area (Å²) in [7, 11) is -3.52. The first kappa shape index (κ1) is 26.3. The van der Waals surface area contributed by atoms with Crippen LogP contribution in [-0.2, 0) is 14.6 Å². The quantitative estimate of drug-likeness (QED) is 0.401. The molecule has 6 heterocycles. The summed E-state index contributed by atoms with van der Waals surface area (Å²) < 4.78 is 53.9. The van der Waals surface area contributed by atoms with Gasteiger partial charge in [0.2, 0.25) is 5.88 Å². The lowest BCUT2D eigenvalue weighted by Gasteiger charge is -2.36. The highest BCUT2D eigenvalue weighted by Crippen LogP contribution is 2.39. The SMILES string of the molecule is CCOC1CN(C2=NC=C(Cl)C3C=[N+]2C3)CCC1Oc1ncnc2c(-c3ccc(S(C)(=O)=O)cc3F)csc12. The molecule has 204 valence electrons. The molecular weight excluding hydrogens is 565 g/mol. The van der Waals surface area contributed by atoms with E-state index in [4.69, 9.17) is 21.1 Å². The van der Waals surface area contributed by atoms with E-state index in [1.165, 1.54) is 29.8 Å². The summed E-state index contributed by atoms with van der Waals surface area (Å²) >= 11 is 7.66. The molecule has 0 spiro atoms. The zero-order valence-electron chi connectivity index (χ0n) is 21.3. The molecule has 3 atom stereocenters. The van der Waals surface area contributed by atoms with Crippen LogP contribution in [-0.4, -0.2) is 84.7 Å². The molecule has 39 heavy (non-hydrogen) atoms. The van der Waals surface area contributed by atoms with E-state index in [9.17, 15) is 12.8 Å². The van der Waals surface area contributed by atoms with E-state index in [1.807, 2.05) is 6.92 Å². The number of hydrogen-bond donors (Lipinski definition) is 0. The third kappa shape index (κ3) is 4.94. The van der Waals surface area contributed by atoms with E-state index in [2.05, 4.69) is 30.7 Å². The number of aromatic nitrogens is 2. The van der Waals surface area contributed by atoms with Crippen LogP contribution < -0.4 is 4.74 Å². The Labute approximate surface area is 234 Å². The maximum Gasteiger partial charge on any atom is 0.393 e. The van der Waals surface area contributed by atoms with Crippen LogP contribution >= 0.6 is 22.9 Å². The topological polar surface area (TPSA) is 97.0 Å². The van der Waals surface area contributed by atoms with Crippen LogP contribution in [0.2, 0.25) is 0 Å². The molecule has 0 saturated carbocycles. The predicted octanol–water partition coefficient (Wildman–Crippen LogP) is 3.92. The van der Waals surface area contributed by atoms with Crippen molar-refractivity contribution in [3.8, 4) is 17.0 Å². The minimum absolute atomic E-state index is 0.0732. The second-order valence-corrected chi connectivity index (χ2v) is 13.0. The van der Waals surface area contributed by atoms with Gasteiger partial charge >= 0.3 is 5.96 Å². The Bertz CT molecular complexity index is 1650. The number of benzene rings is 1. The molecular formula is C26H26ClFN5O4S2+. The van der Waals surface area contributed by atoms with Crippen LogP contribution in [0.15, 0.2) is 51.0 Å². The zero-order valence-corrected chi connectivity index (χ0v) is 23.6. The number of halogens is 2. The van der Waals surface area contributed by atoms with E-state index in [0.29, 0.717) is 41.2 Å². The van der Waals surface area contributed by atoms with E-state index in [1.54, 1.807) is 11.6 Å². The number of ether oxygens (including phenoxy) is 2. The second-order valence-electron chi connectivity index (χ2n) is 9.66. The number of likely N-dealkylation sites (tertiary alicyclic amines) is 1. The third-order valence-electron chi connectivity index (χ3n) is 7.07. The molecule has 1 aromatic carbocycles. The maximum atomic E-state index is 15.0. The van der Waals surface area contributed by atoms with E-state index < -0.39 is 15.7 Å². The zero-order chi connectivity index (χ0) is 27.3. The fourth-order valence-corrected chi connectivity index (χ4v) is 6.79. The van der Waals surface area contributed by atoms with Crippen LogP contribution in [0.25, 0.3) is 21.3 Å². The first-order valence-electron chi connectivity index (χ1n) is 12.5. The Kier molecular flexibility index (Phi) is 6.90. The normalized spacial score (nSPS) is 23.0. The number of piperidine rings is 1. The fourth-order valence-electron chi connectivity index (χ4n) is 5.04. The number of thiophene rings is 1. The van der Waals surface area contributed by atoms with Gasteiger partial charge in [0.05, 0.1) is 47.2 Å². The Balaban J connectivity index is 1.25. The van der Waals surface area contributed by atoms with Gasteiger partial charge in [0.1, 0.15) is 35.3 Å². The van der Waals surface area contributed by atoms with Gasteiger partial charge in [-0.3, -0.25) is 4.90 Å². The van der Waals surface area contributed by atoms with Crippen molar-refractivity contribution < 1.29 is 26.9 Å². The predicted molar refractivity (Wildman–Crippen MR) is 148 cm³/mol. The molecule has 0 amide bonds. The number of aliphatic imine (C=N–C) groups is 1. The van der Waals surface area contributed by atoms with Crippen molar-refractivity contribution >= 4 is 55.2 Å². The highest BCUT2D eigenvalue weighted by Gasteiger charge is 2.42. The minimum atomic E-state index is -3.52. The van der Waals surface area contributed by atoms with Gasteiger partial charge in [-0.15, -0.1) is 11.3 Å². The summed E-state index contributed by atoms with van der Waals surface area (Å²) in [5.74, 6) is 0.874. The minimum Gasteiger partial charge on any atom is -0.470 e. The van der Waals surface area contributed by atoms with Crippen molar-refractivity contribution in [3.05, 3.63) is 47.0 Å². The molecule has 13 heteroatoms. The number of nitrogens with zero attached hydrogens (tertiary/aromatic N) is 5. The van der Waals surface area contributed by atoms with Crippen LogP contribution in [0.1, 0.15) is 13.3 Å². The van der Waals surface area contributed by atoms with E-state index in [0.717, 1.165) is 36.4 Å². The Morgan fingerprint density at radius 3 is 2.82 bits per heavy atom. The molecule has 1 fully saturated rings. The first-order valence-corrected chi connectivity index (χ1v) is 15.7. The van der Waals surface area contributed by atoms with Gasteiger partial charge < -0.3 is 9.47 Å². The lowest BCUT2D eigenvalue weighted by molar-refractivity contribution is -0.450. The third-order valence-corrected chi connectivity index (χ3v) is 9.52. The van der Waals surface area contributed by atoms with Crippen LogP contribution in [0.5, 0.6) is 5.88 Å². The first-order chi connectivity index (χ1) is 18.7. The molecule has 4 aliphatic rings. The maximum absolute atomic E-state index is 15.0. The standard InChI is InChI=1S/C26H26ClFN5O4S2/c1-3-36-22-12-32(26-29-9-19(27)15-10-33(26)11-15)7-6-21(22)37-25-24-23(30-14-31-25)18(13-38-24)17-5-4-16(8-20(17)28)39(2,34)35/h4-5,8-10,13-15,21-22H,3,6-7,11-12H2,1-2H3/q+1. The van der Waals surface area contributed by atoms with Gasteiger partial charge in [0.15, 0.2) is 9.84 Å². The van der Waals surface area contributed by atoms with Gasteiger partial charge in [-0.05, 0) is 19.1 Å². The summed E-state index contributed by atoms with van der Waals surface area (Å²) in [6.45, 7) is 4.61. The van der Waals surface area contributed by atoms with Gasteiger partial charge in [-0.2, -0.15) is 0 Å². The highest BCUT2D eigenvalue weighted by atomic mass is 35.5. The van der Waals surface area contributed by atoms with Crippen molar-refractivity contribution in [1.29, 1.82) is 0 Å². The van der Waals surface area contributed by atoms with Gasteiger partial charge in [-0.25, -0.2) is 27.4 Å². The van der Waals surface area contributed by atoms with Crippen molar-refractivity contribution in [1.82, 2.24) is 14.9 Å². The van der Waals surface area contributed by atoms with Crippen LogP contribution in [0, 0.1) is 11.7 Å². The molecule has 0 N–H and O–H groups in total. The average molecular weight is 591 g/mol. The largest absolute Gasteiger partial charge is 0.470 e. The average Bonchev–Trinajstić information content (AvgIpc) is 3.15. The number of rotatable bonds is 6. The van der Waals surface area contributed by atoms with E-state index >= 15 is 0 Å². The van der Waals surface area contributed by atoms with Gasteiger partial charge in [0.25, 0.3) is 0 Å². The summed E-state index contributed by atoms with van der Waals surface area (Å²) in [5, 5.41) is 2.53.